The monoisotopic (exact) mass is 512 g/mol. The molecular weight excluding hydrogens is 479 g/mol. The molecule has 0 bridgehead atoms. The molecule has 0 unspecified atom stereocenters. The predicted octanol–water partition coefficient (Wildman–Crippen LogP) is 3.19. The van der Waals surface area contributed by atoms with Crippen molar-refractivity contribution in [2.24, 2.45) is 4.99 Å². The van der Waals surface area contributed by atoms with Crippen molar-refractivity contribution in [3.05, 3.63) is 42.0 Å². The molecule has 2 aromatic rings. The topological polar surface area (TPSA) is 76.4 Å². The molecule has 7 nitrogen and oxygen atoms in total. The number of aliphatic imine (C=N–C) groups is 1. The molecule has 3 rings (SSSR count). The van der Waals surface area contributed by atoms with Gasteiger partial charge in [-0.1, -0.05) is 24.6 Å². The van der Waals surface area contributed by atoms with Gasteiger partial charge in [-0.15, -0.1) is 34.2 Å². The van der Waals surface area contributed by atoms with Crippen LogP contribution in [0.15, 0.2) is 35.3 Å². The predicted molar refractivity (Wildman–Crippen MR) is 127 cm³/mol. The third kappa shape index (κ3) is 7.83. The first-order valence-corrected chi connectivity index (χ1v) is 10.4. The smallest absolute Gasteiger partial charge is 0.190 e. The average Bonchev–Trinajstić information content (AvgIpc) is 2.96. The quantitative estimate of drug-likeness (QED) is 0.234. The Hall–Kier alpha value is -1.84. The van der Waals surface area contributed by atoms with Gasteiger partial charge < -0.3 is 19.9 Å². The molecule has 0 radical (unpaired) electrons. The lowest BCUT2D eigenvalue weighted by Crippen LogP contribution is -2.38. The van der Waals surface area contributed by atoms with E-state index in [1.54, 1.807) is 7.05 Å². The number of aromatic nitrogens is 3. The van der Waals surface area contributed by atoms with Crippen LogP contribution in [0, 0.1) is 0 Å². The first-order valence-electron chi connectivity index (χ1n) is 10.4. The highest BCUT2D eigenvalue weighted by Crippen LogP contribution is 2.15. The summed E-state index contributed by atoms with van der Waals surface area (Å²) in [6.45, 7) is 3.44. The minimum Gasteiger partial charge on any atom is -0.494 e. The van der Waals surface area contributed by atoms with Crippen LogP contribution in [0.5, 0.6) is 5.75 Å². The first kappa shape index (κ1) is 23.4. The largest absolute Gasteiger partial charge is 0.494 e. The summed E-state index contributed by atoms with van der Waals surface area (Å²) in [6.07, 6.45) is 7.71. The molecule has 0 spiro atoms. The van der Waals surface area contributed by atoms with Gasteiger partial charge in [-0.2, -0.15) is 0 Å². The molecule has 2 N–H and O–H groups in total. The summed E-state index contributed by atoms with van der Waals surface area (Å²) in [7, 11) is 1.80. The lowest BCUT2D eigenvalue weighted by atomic mass is 10.2. The van der Waals surface area contributed by atoms with Crippen LogP contribution in [-0.2, 0) is 19.4 Å². The number of nitrogens with zero attached hydrogens (tertiary/aromatic N) is 4. The fourth-order valence-electron chi connectivity index (χ4n) is 3.39. The second kappa shape index (κ2) is 13.4. The molecule has 8 heteroatoms. The third-order valence-corrected chi connectivity index (χ3v) is 4.90. The number of fused-ring (bicyclic) bond motifs is 1. The number of ether oxygens (including phenoxy) is 1. The van der Waals surface area contributed by atoms with Gasteiger partial charge in [0.05, 0.1) is 6.61 Å². The van der Waals surface area contributed by atoms with E-state index in [0.717, 1.165) is 68.7 Å². The molecule has 0 aliphatic carbocycles. The number of nitrogens with one attached hydrogen (secondary N) is 2. The van der Waals surface area contributed by atoms with Gasteiger partial charge in [0.2, 0.25) is 0 Å². The average molecular weight is 512 g/mol. The summed E-state index contributed by atoms with van der Waals surface area (Å²) in [4.78, 5) is 4.28. The van der Waals surface area contributed by atoms with Gasteiger partial charge in [-0.05, 0) is 37.8 Å². The zero-order valence-electron chi connectivity index (χ0n) is 17.3. The van der Waals surface area contributed by atoms with Gasteiger partial charge in [-0.25, -0.2) is 0 Å². The number of benzene rings is 1. The highest BCUT2D eigenvalue weighted by atomic mass is 127. The van der Waals surface area contributed by atoms with E-state index >= 15 is 0 Å². The standard InChI is InChI=1S/C21H32N6O.HI/c1-22-21(24-15-9-17-28-18-10-4-2-5-11-18)23-14-8-13-20-26-25-19-12-6-3-7-16-27(19)20;/h2,4-5,10-11H,3,6-9,12-17H2,1H3,(H2,22,23,24);1H. The number of hydrogen-bond acceptors (Lipinski definition) is 4. The van der Waals surface area contributed by atoms with E-state index in [9.17, 15) is 0 Å². The Morgan fingerprint density at radius 1 is 1.07 bits per heavy atom. The summed E-state index contributed by atoms with van der Waals surface area (Å²) in [6, 6.07) is 9.90. The van der Waals surface area contributed by atoms with Gasteiger partial charge in [0.15, 0.2) is 5.96 Å². The number of hydrogen-bond donors (Lipinski definition) is 2. The first-order chi connectivity index (χ1) is 13.9. The molecule has 0 atom stereocenters. The summed E-state index contributed by atoms with van der Waals surface area (Å²) in [5, 5.41) is 15.5. The van der Waals surface area contributed by atoms with Gasteiger partial charge in [-0.3, -0.25) is 4.99 Å². The maximum atomic E-state index is 5.70. The molecule has 0 saturated heterocycles. The normalized spacial score (nSPS) is 13.8. The van der Waals surface area contributed by atoms with Crippen LogP contribution in [0.4, 0.5) is 0 Å². The van der Waals surface area contributed by atoms with Gasteiger partial charge >= 0.3 is 0 Å². The van der Waals surface area contributed by atoms with Crippen molar-refractivity contribution in [2.75, 3.05) is 26.7 Å². The SMILES string of the molecule is CN=C(NCCCOc1ccccc1)NCCCc1nnc2n1CCCCC2.I. The van der Waals surface area contributed by atoms with Crippen molar-refractivity contribution in [1.29, 1.82) is 0 Å². The summed E-state index contributed by atoms with van der Waals surface area (Å²) >= 11 is 0. The summed E-state index contributed by atoms with van der Waals surface area (Å²) in [5.41, 5.74) is 0. The highest BCUT2D eigenvalue weighted by Gasteiger charge is 2.14. The number of para-hydroxylation sites is 1. The molecule has 29 heavy (non-hydrogen) atoms. The van der Waals surface area contributed by atoms with E-state index in [1.807, 2.05) is 30.3 Å². The van der Waals surface area contributed by atoms with Gasteiger partial charge in [0.25, 0.3) is 0 Å². The Labute approximate surface area is 190 Å². The Kier molecular flexibility index (Phi) is 10.8. The Bertz CT molecular complexity index is 734. The van der Waals surface area contributed by atoms with E-state index in [2.05, 4.69) is 30.4 Å². The van der Waals surface area contributed by atoms with E-state index in [1.165, 1.54) is 19.3 Å². The maximum absolute atomic E-state index is 5.70. The van der Waals surface area contributed by atoms with Crippen molar-refractivity contribution in [3.63, 3.8) is 0 Å². The van der Waals surface area contributed by atoms with E-state index in [4.69, 9.17) is 4.74 Å². The summed E-state index contributed by atoms with van der Waals surface area (Å²) < 4.78 is 8.03. The minimum atomic E-state index is 0. The number of rotatable bonds is 9. The van der Waals surface area contributed by atoms with Crippen molar-refractivity contribution >= 4 is 29.9 Å². The Morgan fingerprint density at radius 3 is 2.66 bits per heavy atom. The Balaban J connectivity index is 0.00000300. The van der Waals surface area contributed by atoms with E-state index in [0.29, 0.717) is 6.61 Å². The highest BCUT2D eigenvalue weighted by molar-refractivity contribution is 14.0. The number of aryl methyl sites for hydroxylation is 2. The van der Waals surface area contributed by atoms with Gasteiger partial charge in [0, 0.05) is 39.5 Å². The lowest BCUT2D eigenvalue weighted by molar-refractivity contribution is 0.311. The molecule has 1 aromatic heterocycles. The molecule has 0 saturated carbocycles. The Morgan fingerprint density at radius 2 is 1.86 bits per heavy atom. The zero-order chi connectivity index (χ0) is 19.4. The molecule has 1 aliphatic heterocycles. The van der Waals surface area contributed by atoms with Crippen molar-refractivity contribution in [3.8, 4) is 5.75 Å². The second-order valence-corrected chi connectivity index (χ2v) is 7.04. The molecule has 0 fully saturated rings. The van der Waals surface area contributed by atoms with E-state index in [-0.39, 0.29) is 24.0 Å². The molecule has 1 aliphatic rings. The lowest BCUT2D eigenvalue weighted by Gasteiger charge is -2.12. The van der Waals surface area contributed by atoms with E-state index < -0.39 is 0 Å². The van der Waals surface area contributed by atoms with Crippen LogP contribution in [0.25, 0.3) is 0 Å². The van der Waals surface area contributed by atoms with Crippen molar-refractivity contribution in [1.82, 2.24) is 25.4 Å². The fourth-order valence-corrected chi connectivity index (χ4v) is 3.39. The van der Waals surface area contributed by atoms with Crippen LogP contribution < -0.4 is 15.4 Å². The third-order valence-electron chi connectivity index (χ3n) is 4.90. The molecule has 0 amide bonds. The van der Waals surface area contributed by atoms with Crippen LogP contribution in [0.2, 0.25) is 0 Å². The fraction of sp³-hybridized carbons (Fsp3) is 0.571. The zero-order valence-corrected chi connectivity index (χ0v) is 19.6. The molecule has 1 aromatic carbocycles. The van der Waals surface area contributed by atoms with Gasteiger partial charge in [0.1, 0.15) is 17.4 Å². The maximum Gasteiger partial charge on any atom is 0.190 e. The van der Waals surface area contributed by atoms with Crippen LogP contribution in [-0.4, -0.2) is 47.5 Å². The summed E-state index contributed by atoms with van der Waals surface area (Å²) in [5.74, 6) is 4.03. The van der Waals surface area contributed by atoms with Crippen LogP contribution in [0.1, 0.15) is 43.8 Å². The minimum absolute atomic E-state index is 0. The van der Waals surface area contributed by atoms with Crippen molar-refractivity contribution in [2.45, 2.75) is 51.5 Å². The molecule has 2 heterocycles. The number of guanidine groups is 1. The van der Waals surface area contributed by atoms with Crippen molar-refractivity contribution < 1.29 is 4.74 Å². The number of halogens is 1. The second-order valence-electron chi connectivity index (χ2n) is 7.04. The van der Waals surface area contributed by atoms with Crippen LogP contribution >= 0.6 is 24.0 Å². The molecular formula is C21H33IN6O. The van der Waals surface area contributed by atoms with Crippen LogP contribution in [0.3, 0.4) is 0 Å². The molecule has 160 valence electrons.